The molecule has 0 spiro atoms. The van der Waals surface area contributed by atoms with Crippen molar-refractivity contribution < 1.29 is 8.42 Å². The maximum Gasteiger partial charge on any atom is 0.147 e. The van der Waals surface area contributed by atoms with Crippen LogP contribution in [0.3, 0.4) is 0 Å². The Morgan fingerprint density at radius 2 is 1.89 bits per heavy atom. The summed E-state index contributed by atoms with van der Waals surface area (Å²) < 4.78 is 22.8. The predicted molar refractivity (Wildman–Crippen MR) is 82.1 cm³/mol. The molecule has 19 heavy (non-hydrogen) atoms. The average Bonchev–Trinajstić information content (AvgIpc) is 2.33. The first-order valence-electron chi connectivity index (χ1n) is 7.73. The zero-order valence-corrected chi connectivity index (χ0v) is 13.8. The van der Waals surface area contributed by atoms with Crippen LogP contribution in [0.2, 0.25) is 0 Å². The molecule has 0 radical (unpaired) electrons. The number of nitrogens with one attached hydrogen (secondary N) is 1. The van der Waals surface area contributed by atoms with Crippen molar-refractivity contribution in [3.05, 3.63) is 0 Å². The van der Waals surface area contributed by atoms with Crippen LogP contribution in [0.4, 0.5) is 0 Å². The molecule has 1 saturated carbocycles. The van der Waals surface area contributed by atoms with E-state index in [2.05, 4.69) is 26.1 Å². The molecular weight excluding hydrogens is 258 g/mol. The van der Waals surface area contributed by atoms with Crippen LogP contribution in [-0.4, -0.2) is 33.0 Å². The van der Waals surface area contributed by atoms with Crippen LogP contribution in [0.1, 0.15) is 52.9 Å². The maximum atomic E-state index is 11.4. The Bertz CT molecular complexity index is 351. The molecule has 3 nitrogen and oxygen atoms in total. The highest BCUT2D eigenvalue weighted by Gasteiger charge is 2.30. The largest absolute Gasteiger partial charge is 0.314 e. The third-order valence-corrected chi connectivity index (χ3v) is 5.45. The van der Waals surface area contributed by atoms with Crippen molar-refractivity contribution in [2.45, 2.75) is 58.9 Å². The number of rotatable bonds is 7. The quantitative estimate of drug-likeness (QED) is 0.784. The van der Waals surface area contributed by atoms with Crippen LogP contribution >= 0.6 is 0 Å². The Hall–Kier alpha value is -0.0900. The highest BCUT2D eigenvalue weighted by molar-refractivity contribution is 7.90. The van der Waals surface area contributed by atoms with Crippen molar-refractivity contribution in [2.75, 3.05) is 18.6 Å². The minimum absolute atomic E-state index is 0.353. The Balaban J connectivity index is 2.55. The zero-order chi connectivity index (χ0) is 14.5. The predicted octanol–water partition coefficient (Wildman–Crippen LogP) is 2.86. The van der Waals surface area contributed by atoms with Crippen LogP contribution < -0.4 is 5.32 Å². The minimum Gasteiger partial charge on any atom is -0.314 e. The summed E-state index contributed by atoms with van der Waals surface area (Å²) in [5.41, 5.74) is 0. The lowest BCUT2D eigenvalue weighted by Gasteiger charge is -2.36. The van der Waals surface area contributed by atoms with Crippen LogP contribution in [0.15, 0.2) is 0 Å². The molecule has 0 aromatic rings. The molecule has 0 aromatic heterocycles. The molecule has 0 bridgehead atoms. The molecule has 0 aliphatic heterocycles. The lowest BCUT2D eigenvalue weighted by atomic mass is 9.72. The molecule has 1 N–H and O–H groups in total. The fourth-order valence-corrected chi connectivity index (χ4v) is 3.90. The average molecular weight is 289 g/mol. The van der Waals surface area contributed by atoms with Gasteiger partial charge in [-0.2, -0.15) is 0 Å². The van der Waals surface area contributed by atoms with E-state index in [1.54, 1.807) is 0 Å². The van der Waals surface area contributed by atoms with E-state index in [-0.39, 0.29) is 0 Å². The second-order valence-electron chi connectivity index (χ2n) is 6.59. The Kier molecular flexibility index (Phi) is 6.81. The van der Waals surface area contributed by atoms with E-state index in [1.807, 2.05) is 0 Å². The summed E-state index contributed by atoms with van der Waals surface area (Å²) >= 11 is 0. The highest BCUT2D eigenvalue weighted by Crippen LogP contribution is 2.37. The summed E-state index contributed by atoms with van der Waals surface area (Å²) in [4.78, 5) is 0. The summed E-state index contributed by atoms with van der Waals surface area (Å²) in [7, 11) is -2.82. The van der Waals surface area contributed by atoms with Crippen molar-refractivity contribution in [3.8, 4) is 0 Å². The zero-order valence-electron chi connectivity index (χ0n) is 13.0. The molecular formula is C15H31NO2S. The molecule has 3 unspecified atom stereocenters. The van der Waals surface area contributed by atoms with Gasteiger partial charge < -0.3 is 5.32 Å². The number of hydrogen-bond donors (Lipinski definition) is 1. The summed E-state index contributed by atoms with van der Waals surface area (Å²) in [5, 5.41) is 3.53. The lowest BCUT2D eigenvalue weighted by molar-refractivity contribution is 0.166. The topological polar surface area (TPSA) is 46.2 Å². The van der Waals surface area contributed by atoms with Gasteiger partial charge in [-0.05, 0) is 43.6 Å². The second kappa shape index (κ2) is 7.63. The van der Waals surface area contributed by atoms with E-state index in [0.29, 0.717) is 23.6 Å². The van der Waals surface area contributed by atoms with E-state index < -0.39 is 9.84 Å². The van der Waals surface area contributed by atoms with Crippen LogP contribution in [0.25, 0.3) is 0 Å². The molecule has 0 aromatic carbocycles. The van der Waals surface area contributed by atoms with Gasteiger partial charge >= 0.3 is 0 Å². The lowest BCUT2D eigenvalue weighted by Crippen LogP contribution is -2.36. The minimum atomic E-state index is -2.82. The fourth-order valence-electron chi connectivity index (χ4n) is 3.17. The molecule has 4 heteroatoms. The third-order valence-electron chi connectivity index (χ3n) is 4.47. The van der Waals surface area contributed by atoms with Gasteiger partial charge in [0.2, 0.25) is 0 Å². The van der Waals surface area contributed by atoms with E-state index in [4.69, 9.17) is 0 Å². The third kappa shape index (κ3) is 6.75. The van der Waals surface area contributed by atoms with Crippen LogP contribution in [-0.2, 0) is 9.84 Å². The highest BCUT2D eigenvalue weighted by atomic mass is 32.2. The Morgan fingerprint density at radius 1 is 1.21 bits per heavy atom. The van der Waals surface area contributed by atoms with E-state index in [0.717, 1.165) is 18.9 Å². The second-order valence-corrected chi connectivity index (χ2v) is 8.85. The molecule has 0 heterocycles. The van der Waals surface area contributed by atoms with Gasteiger partial charge in [0.1, 0.15) is 9.84 Å². The first-order chi connectivity index (χ1) is 8.81. The Morgan fingerprint density at radius 3 is 2.42 bits per heavy atom. The van der Waals surface area contributed by atoms with Gasteiger partial charge in [0, 0.05) is 12.3 Å². The monoisotopic (exact) mass is 289 g/mol. The number of hydrogen-bond acceptors (Lipinski definition) is 3. The Labute approximate surface area is 119 Å². The normalized spacial score (nSPS) is 28.8. The summed E-state index contributed by atoms with van der Waals surface area (Å²) in [6, 6.07) is 0.513. The van der Waals surface area contributed by atoms with Gasteiger partial charge in [0.15, 0.2) is 0 Å². The van der Waals surface area contributed by atoms with Gasteiger partial charge in [-0.15, -0.1) is 0 Å². The summed E-state index contributed by atoms with van der Waals surface area (Å²) in [5.74, 6) is 2.40. The van der Waals surface area contributed by atoms with Gasteiger partial charge in [-0.25, -0.2) is 8.42 Å². The van der Waals surface area contributed by atoms with Crippen molar-refractivity contribution in [2.24, 2.45) is 17.8 Å². The maximum absolute atomic E-state index is 11.4. The van der Waals surface area contributed by atoms with Gasteiger partial charge in [-0.3, -0.25) is 0 Å². The van der Waals surface area contributed by atoms with E-state index in [9.17, 15) is 8.42 Å². The SMILES string of the molecule is CCC1CCC(CNC(C)C)C(CCS(C)(=O)=O)C1. The molecule has 0 amide bonds. The van der Waals surface area contributed by atoms with Gasteiger partial charge in [-0.1, -0.05) is 33.6 Å². The summed E-state index contributed by atoms with van der Waals surface area (Å²) in [6.45, 7) is 7.64. The molecule has 114 valence electrons. The molecule has 1 rings (SSSR count). The fraction of sp³-hybridized carbons (Fsp3) is 1.00. The van der Waals surface area contributed by atoms with Crippen LogP contribution in [0.5, 0.6) is 0 Å². The molecule has 1 aliphatic rings. The molecule has 1 fully saturated rings. The summed E-state index contributed by atoms with van der Waals surface area (Å²) in [6.07, 6.45) is 7.23. The molecule has 0 saturated heterocycles. The standard InChI is InChI=1S/C15H31NO2S/c1-5-13-6-7-15(11-16-12(2)3)14(10-13)8-9-19(4,17)18/h12-16H,5-11H2,1-4H3. The van der Waals surface area contributed by atoms with Gasteiger partial charge in [0.05, 0.1) is 5.75 Å². The van der Waals surface area contributed by atoms with Crippen molar-refractivity contribution in [1.82, 2.24) is 5.32 Å². The molecule has 1 aliphatic carbocycles. The van der Waals surface area contributed by atoms with Gasteiger partial charge in [0.25, 0.3) is 0 Å². The van der Waals surface area contributed by atoms with Crippen molar-refractivity contribution in [1.29, 1.82) is 0 Å². The molecule has 3 atom stereocenters. The smallest absolute Gasteiger partial charge is 0.147 e. The van der Waals surface area contributed by atoms with Crippen molar-refractivity contribution in [3.63, 3.8) is 0 Å². The van der Waals surface area contributed by atoms with Crippen molar-refractivity contribution >= 4 is 9.84 Å². The van der Waals surface area contributed by atoms with Crippen LogP contribution in [0, 0.1) is 17.8 Å². The first kappa shape index (κ1) is 17.0. The number of sulfone groups is 1. The van der Waals surface area contributed by atoms with E-state index >= 15 is 0 Å². The van der Waals surface area contributed by atoms with E-state index in [1.165, 1.54) is 31.9 Å². The first-order valence-corrected chi connectivity index (χ1v) is 9.79.